The number of nitrogens with two attached hydrogens (primary N) is 1. The van der Waals surface area contributed by atoms with Crippen molar-refractivity contribution in [1.82, 2.24) is 4.72 Å². The van der Waals surface area contributed by atoms with Crippen LogP contribution in [0.1, 0.15) is 43.7 Å². The third-order valence-corrected chi connectivity index (χ3v) is 5.33. The smallest absolute Gasteiger partial charge is 0.240 e. The summed E-state index contributed by atoms with van der Waals surface area (Å²) < 4.78 is 27.1. The van der Waals surface area contributed by atoms with Gasteiger partial charge in [0.15, 0.2) is 0 Å². The zero-order valence-electron chi connectivity index (χ0n) is 12.1. The highest BCUT2D eigenvalue weighted by Crippen LogP contribution is 2.33. The summed E-state index contributed by atoms with van der Waals surface area (Å²) in [6, 6.07) is 5.23. The average molecular weight is 296 g/mol. The van der Waals surface area contributed by atoms with Crippen LogP contribution in [0.3, 0.4) is 0 Å². The molecule has 0 atom stereocenters. The molecule has 0 unspecified atom stereocenters. The number of sulfonamides is 1. The summed E-state index contributed by atoms with van der Waals surface area (Å²) in [5, 5.41) is 0. The SMILES string of the molecule is CCc1ccc(S(=O)(=O)NCCCC2CC2)cc1CN. The average Bonchev–Trinajstić information content (AvgIpc) is 3.27. The van der Waals surface area contributed by atoms with Crippen LogP contribution in [-0.2, 0) is 23.0 Å². The van der Waals surface area contributed by atoms with Crippen LogP contribution >= 0.6 is 0 Å². The lowest BCUT2D eigenvalue weighted by Crippen LogP contribution is -2.25. The first-order valence-corrected chi connectivity index (χ1v) is 8.86. The Labute approximate surface area is 121 Å². The highest BCUT2D eigenvalue weighted by Gasteiger charge is 2.21. The topological polar surface area (TPSA) is 72.2 Å². The van der Waals surface area contributed by atoms with Gasteiger partial charge < -0.3 is 5.73 Å². The Balaban J connectivity index is 1.99. The molecule has 0 amide bonds. The van der Waals surface area contributed by atoms with E-state index in [-0.39, 0.29) is 0 Å². The fraction of sp³-hybridized carbons (Fsp3) is 0.600. The van der Waals surface area contributed by atoms with Crippen LogP contribution in [0.5, 0.6) is 0 Å². The van der Waals surface area contributed by atoms with E-state index in [1.807, 2.05) is 13.0 Å². The van der Waals surface area contributed by atoms with Crippen LogP contribution in [0.25, 0.3) is 0 Å². The van der Waals surface area contributed by atoms with Crippen molar-refractivity contribution in [2.45, 2.75) is 50.5 Å². The van der Waals surface area contributed by atoms with E-state index in [0.29, 0.717) is 18.0 Å². The maximum Gasteiger partial charge on any atom is 0.240 e. The number of hydrogen-bond donors (Lipinski definition) is 2. The summed E-state index contributed by atoms with van der Waals surface area (Å²) in [6.45, 7) is 2.93. The van der Waals surface area contributed by atoms with Crippen molar-refractivity contribution in [1.29, 1.82) is 0 Å². The molecule has 0 aliphatic heterocycles. The lowest BCUT2D eigenvalue weighted by molar-refractivity contribution is 0.572. The molecule has 1 saturated carbocycles. The molecular formula is C15H24N2O2S. The van der Waals surface area contributed by atoms with Crippen molar-refractivity contribution in [2.24, 2.45) is 11.7 Å². The Kier molecular flexibility index (Phi) is 5.18. The molecule has 1 aliphatic rings. The van der Waals surface area contributed by atoms with Crippen LogP contribution in [0.4, 0.5) is 0 Å². The van der Waals surface area contributed by atoms with Gasteiger partial charge in [0.2, 0.25) is 10.0 Å². The third kappa shape index (κ3) is 4.04. The number of aryl methyl sites for hydroxylation is 1. The number of rotatable bonds is 8. The summed E-state index contributed by atoms with van der Waals surface area (Å²) in [5.74, 6) is 0.840. The van der Waals surface area contributed by atoms with Crippen molar-refractivity contribution in [2.75, 3.05) is 6.54 Å². The maximum atomic E-state index is 12.2. The molecule has 5 heteroatoms. The van der Waals surface area contributed by atoms with Gasteiger partial charge in [-0.05, 0) is 48.4 Å². The lowest BCUT2D eigenvalue weighted by atomic mass is 10.1. The standard InChI is InChI=1S/C15H24N2O2S/c1-2-13-7-8-15(10-14(13)11-16)20(18,19)17-9-3-4-12-5-6-12/h7-8,10,12,17H,2-6,9,11,16H2,1H3. The summed E-state index contributed by atoms with van der Waals surface area (Å²) in [7, 11) is -3.40. The Bertz CT molecular complexity index is 551. The van der Waals surface area contributed by atoms with Gasteiger partial charge in [-0.15, -0.1) is 0 Å². The van der Waals surface area contributed by atoms with E-state index in [2.05, 4.69) is 4.72 Å². The molecule has 0 heterocycles. The fourth-order valence-corrected chi connectivity index (χ4v) is 3.52. The minimum Gasteiger partial charge on any atom is -0.326 e. The summed E-state index contributed by atoms with van der Waals surface area (Å²) in [4.78, 5) is 0.321. The van der Waals surface area contributed by atoms with Crippen LogP contribution in [-0.4, -0.2) is 15.0 Å². The zero-order valence-corrected chi connectivity index (χ0v) is 12.9. The van der Waals surface area contributed by atoms with Gasteiger partial charge in [-0.1, -0.05) is 25.8 Å². The van der Waals surface area contributed by atoms with E-state index in [1.165, 1.54) is 12.8 Å². The van der Waals surface area contributed by atoms with E-state index in [4.69, 9.17) is 5.73 Å². The monoisotopic (exact) mass is 296 g/mol. The Morgan fingerprint density at radius 2 is 2.05 bits per heavy atom. The van der Waals surface area contributed by atoms with E-state index in [0.717, 1.165) is 36.3 Å². The first-order valence-electron chi connectivity index (χ1n) is 7.38. The Hall–Kier alpha value is -0.910. The molecule has 1 aromatic carbocycles. The predicted octanol–water partition coefficient (Wildman–Crippen LogP) is 2.18. The minimum absolute atomic E-state index is 0.321. The predicted molar refractivity (Wildman–Crippen MR) is 80.9 cm³/mol. The second-order valence-electron chi connectivity index (χ2n) is 5.47. The quantitative estimate of drug-likeness (QED) is 0.722. The van der Waals surface area contributed by atoms with E-state index in [9.17, 15) is 8.42 Å². The highest BCUT2D eigenvalue weighted by molar-refractivity contribution is 7.89. The lowest BCUT2D eigenvalue weighted by Gasteiger charge is -2.10. The van der Waals surface area contributed by atoms with Crippen molar-refractivity contribution in [3.05, 3.63) is 29.3 Å². The molecule has 1 aliphatic carbocycles. The van der Waals surface area contributed by atoms with Gasteiger partial charge in [0.25, 0.3) is 0 Å². The molecule has 0 aromatic heterocycles. The normalized spacial score (nSPS) is 15.5. The van der Waals surface area contributed by atoms with Gasteiger partial charge >= 0.3 is 0 Å². The van der Waals surface area contributed by atoms with Crippen molar-refractivity contribution >= 4 is 10.0 Å². The first-order chi connectivity index (χ1) is 9.56. The second-order valence-corrected chi connectivity index (χ2v) is 7.24. The second kappa shape index (κ2) is 6.70. The van der Waals surface area contributed by atoms with Crippen LogP contribution in [0.2, 0.25) is 0 Å². The Morgan fingerprint density at radius 3 is 2.65 bits per heavy atom. The number of nitrogens with one attached hydrogen (secondary N) is 1. The maximum absolute atomic E-state index is 12.2. The largest absolute Gasteiger partial charge is 0.326 e. The first kappa shape index (κ1) is 15.5. The van der Waals surface area contributed by atoms with Gasteiger partial charge in [0.05, 0.1) is 4.90 Å². The van der Waals surface area contributed by atoms with Crippen LogP contribution in [0.15, 0.2) is 23.1 Å². The number of benzene rings is 1. The fourth-order valence-electron chi connectivity index (χ4n) is 2.39. The molecule has 20 heavy (non-hydrogen) atoms. The third-order valence-electron chi connectivity index (χ3n) is 3.87. The van der Waals surface area contributed by atoms with Crippen molar-refractivity contribution in [3.8, 4) is 0 Å². The van der Waals surface area contributed by atoms with Gasteiger partial charge in [0.1, 0.15) is 0 Å². The molecule has 2 rings (SSSR count). The van der Waals surface area contributed by atoms with E-state index < -0.39 is 10.0 Å². The van der Waals surface area contributed by atoms with Gasteiger partial charge in [-0.25, -0.2) is 13.1 Å². The Morgan fingerprint density at radius 1 is 1.30 bits per heavy atom. The van der Waals surface area contributed by atoms with E-state index >= 15 is 0 Å². The molecule has 3 N–H and O–H groups in total. The molecule has 0 spiro atoms. The van der Waals surface area contributed by atoms with Gasteiger partial charge in [-0.2, -0.15) is 0 Å². The minimum atomic E-state index is -3.40. The molecule has 0 saturated heterocycles. The van der Waals surface area contributed by atoms with E-state index in [1.54, 1.807) is 12.1 Å². The molecule has 0 radical (unpaired) electrons. The summed E-state index contributed by atoms with van der Waals surface area (Å²) >= 11 is 0. The molecule has 1 fully saturated rings. The summed E-state index contributed by atoms with van der Waals surface area (Å²) in [6.07, 6.45) is 5.53. The number of hydrogen-bond acceptors (Lipinski definition) is 3. The van der Waals surface area contributed by atoms with Crippen LogP contribution in [0, 0.1) is 5.92 Å². The molecular weight excluding hydrogens is 272 g/mol. The molecule has 1 aromatic rings. The highest BCUT2D eigenvalue weighted by atomic mass is 32.2. The van der Waals surface area contributed by atoms with Gasteiger partial charge in [0, 0.05) is 13.1 Å². The molecule has 4 nitrogen and oxygen atoms in total. The molecule has 112 valence electrons. The summed E-state index contributed by atoms with van der Waals surface area (Å²) in [5.41, 5.74) is 7.71. The van der Waals surface area contributed by atoms with Gasteiger partial charge in [-0.3, -0.25) is 0 Å². The van der Waals surface area contributed by atoms with Crippen molar-refractivity contribution < 1.29 is 8.42 Å². The molecule has 0 bridgehead atoms. The van der Waals surface area contributed by atoms with Crippen molar-refractivity contribution in [3.63, 3.8) is 0 Å². The zero-order chi connectivity index (χ0) is 14.6. The van der Waals surface area contributed by atoms with Crippen LogP contribution < -0.4 is 10.5 Å².